The zero-order chi connectivity index (χ0) is 24.1. The van der Waals surface area contributed by atoms with Crippen molar-refractivity contribution in [1.82, 2.24) is 4.90 Å². The number of unbranched alkanes of at least 4 members (excludes halogenated alkanes) is 2. The summed E-state index contributed by atoms with van der Waals surface area (Å²) in [4.78, 5) is 27.7. The Hall–Kier alpha value is -3.80. The number of furan rings is 1. The van der Waals surface area contributed by atoms with Crippen LogP contribution in [0.2, 0.25) is 0 Å². The Morgan fingerprint density at radius 2 is 1.85 bits per heavy atom. The Morgan fingerprint density at radius 3 is 2.56 bits per heavy atom. The highest BCUT2D eigenvalue weighted by Crippen LogP contribution is 2.41. The minimum absolute atomic E-state index is 0.0588. The largest absolute Gasteiger partial charge is 0.507 e. The SMILES string of the molecule is CCCCCOc1cccc(C2/C(=C(\O)c3ccc(C)cc3)C(=O)C(=O)N2Cc2ccco2)c1. The molecule has 1 unspecified atom stereocenters. The molecule has 4 rings (SSSR count). The predicted molar refractivity (Wildman–Crippen MR) is 129 cm³/mol. The lowest BCUT2D eigenvalue weighted by Crippen LogP contribution is -2.29. The number of likely N-dealkylation sites (tertiary alicyclic amines) is 1. The summed E-state index contributed by atoms with van der Waals surface area (Å²) in [5.41, 5.74) is 2.26. The molecular formula is C28H29NO5. The van der Waals surface area contributed by atoms with E-state index in [1.807, 2.05) is 43.3 Å². The van der Waals surface area contributed by atoms with Gasteiger partial charge in [0.15, 0.2) is 0 Å². The molecule has 6 heteroatoms. The van der Waals surface area contributed by atoms with Crippen molar-refractivity contribution in [2.45, 2.75) is 45.7 Å². The van der Waals surface area contributed by atoms with Crippen molar-refractivity contribution in [3.63, 3.8) is 0 Å². The van der Waals surface area contributed by atoms with Gasteiger partial charge in [-0.15, -0.1) is 0 Å². The third-order valence-corrected chi connectivity index (χ3v) is 5.96. The quantitative estimate of drug-likeness (QED) is 0.190. The fraction of sp³-hybridized carbons (Fsp3) is 0.286. The average Bonchev–Trinajstić information content (AvgIpc) is 3.44. The minimum Gasteiger partial charge on any atom is -0.507 e. The topological polar surface area (TPSA) is 80.0 Å². The van der Waals surface area contributed by atoms with Crippen LogP contribution in [0, 0.1) is 6.92 Å². The van der Waals surface area contributed by atoms with Gasteiger partial charge < -0.3 is 19.2 Å². The van der Waals surface area contributed by atoms with Crippen LogP contribution in [0.5, 0.6) is 5.75 Å². The van der Waals surface area contributed by atoms with Crippen molar-refractivity contribution in [2.24, 2.45) is 0 Å². The van der Waals surface area contributed by atoms with Gasteiger partial charge in [-0.05, 0) is 43.2 Å². The molecule has 176 valence electrons. The van der Waals surface area contributed by atoms with Crippen molar-refractivity contribution in [3.8, 4) is 5.75 Å². The van der Waals surface area contributed by atoms with E-state index in [9.17, 15) is 14.7 Å². The molecule has 1 fully saturated rings. The number of aliphatic hydroxyl groups excluding tert-OH is 1. The fourth-order valence-corrected chi connectivity index (χ4v) is 4.14. The molecule has 1 N–H and O–H groups in total. The van der Waals surface area contributed by atoms with Crippen LogP contribution in [-0.2, 0) is 16.1 Å². The number of Topliss-reactive ketones (excluding diaryl/α,β-unsaturated/α-hetero) is 1. The van der Waals surface area contributed by atoms with Crippen LogP contribution in [0.1, 0.15) is 54.7 Å². The summed E-state index contributed by atoms with van der Waals surface area (Å²) < 4.78 is 11.4. The lowest BCUT2D eigenvalue weighted by atomic mass is 9.95. The van der Waals surface area contributed by atoms with E-state index in [2.05, 4.69) is 6.92 Å². The van der Waals surface area contributed by atoms with E-state index >= 15 is 0 Å². The highest BCUT2D eigenvalue weighted by atomic mass is 16.5. The van der Waals surface area contributed by atoms with Crippen LogP contribution in [0.15, 0.2) is 76.9 Å². The van der Waals surface area contributed by atoms with E-state index in [0.717, 1.165) is 24.8 Å². The van der Waals surface area contributed by atoms with Gasteiger partial charge in [-0.2, -0.15) is 0 Å². The van der Waals surface area contributed by atoms with E-state index in [-0.39, 0.29) is 17.9 Å². The smallest absolute Gasteiger partial charge is 0.296 e. The maximum absolute atomic E-state index is 13.2. The maximum atomic E-state index is 13.2. The molecule has 0 spiro atoms. The average molecular weight is 460 g/mol. The van der Waals surface area contributed by atoms with Crippen LogP contribution >= 0.6 is 0 Å². The third kappa shape index (κ3) is 4.91. The van der Waals surface area contributed by atoms with Crippen LogP contribution in [0.3, 0.4) is 0 Å². The lowest BCUT2D eigenvalue weighted by Gasteiger charge is -2.25. The van der Waals surface area contributed by atoms with Gasteiger partial charge in [0.25, 0.3) is 11.7 Å². The second-order valence-electron chi connectivity index (χ2n) is 8.50. The normalized spacial score (nSPS) is 17.4. The van der Waals surface area contributed by atoms with E-state index < -0.39 is 17.7 Å². The summed E-state index contributed by atoms with van der Waals surface area (Å²) >= 11 is 0. The number of benzene rings is 2. The number of hydrogen-bond donors (Lipinski definition) is 1. The summed E-state index contributed by atoms with van der Waals surface area (Å²) in [6.07, 6.45) is 4.66. The first-order valence-corrected chi connectivity index (χ1v) is 11.6. The Kier molecular flexibility index (Phi) is 7.16. The summed E-state index contributed by atoms with van der Waals surface area (Å²) in [5, 5.41) is 11.2. The van der Waals surface area contributed by atoms with Gasteiger partial charge in [-0.25, -0.2) is 0 Å². The van der Waals surface area contributed by atoms with Crippen LogP contribution in [-0.4, -0.2) is 28.3 Å². The first kappa shape index (κ1) is 23.4. The van der Waals surface area contributed by atoms with Gasteiger partial charge in [-0.1, -0.05) is 61.7 Å². The van der Waals surface area contributed by atoms with Gasteiger partial charge in [0.2, 0.25) is 0 Å². The van der Waals surface area contributed by atoms with E-state index in [1.165, 1.54) is 11.2 Å². The maximum Gasteiger partial charge on any atom is 0.296 e. The van der Waals surface area contributed by atoms with Gasteiger partial charge in [0, 0.05) is 5.56 Å². The lowest BCUT2D eigenvalue weighted by molar-refractivity contribution is -0.140. The molecule has 34 heavy (non-hydrogen) atoms. The number of aryl methyl sites for hydroxylation is 1. The second-order valence-corrected chi connectivity index (χ2v) is 8.50. The summed E-state index contributed by atoms with van der Waals surface area (Å²) in [7, 11) is 0. The number of carbonyl (C=O) groups is 2. The number of aliphatic hydroxyl groups is 1. The molecule has 2 aromatic carbocycles. The molecule has 1 aliphatic heterocycles. The Morgan fingerprint density at radius 1 is 1.06 bits per heavy atom. The van der Waals surface area contributed by atoms with Gasteiger partial charge in [-0.3, -0.25) is 9.59 Å². The third-order valence-electron chi connectivity index (χ3n) is 5.96. The molecular weight excluding hydrogens is 430 g/mol. The Balaban J connectivity index is 1.76. The van der Waals surface area contributed by atoms with Crippen LogP contribution in [0.25, 0.3) is 5.76 Å². The molecule has 0 bridgehead atoms. The number of ketones is 1. The van der Waals surface area contributed by atoms with Crippen molar-refractivity contribution in [2.75, 3.05) is 6.61 Å². The van der Waals surface area contributed by atoms with Gasteiger partial charge in [0.05, 0.1) is 31.0 Å². The van der Waals surface area contributed by atoms with E-state index in [4.69, 9.17) is 9.15 Å². The number of nitrogens with zero attached hydrogens (tertiary/aromatic N) is 1. The zero-order valence-electron chi connectivity index (χ0n) is 19.5. The number of carbonyl (C=O) groups excluding carboxylic acids is 2. The molecule has 3 aromatic rings. The summed E-state index contributed by atoms with van der Waals surface area (Å²) in [6.45, 7) is 4.77. The molecule has 0 aliphatic carbocycles. The van der Waals surface area contributed by atoms with E-state index in [1.54, 1.807) is 24.3 Å². The Bertz CT molecular complexity index is 1180. The second kappa shape index (κ2) is 10.4. The first-order valence-electron chi connectivity index (χ1n) is 11.6. The predicted octanol–water partition coefficient (Wildman–Crippen LogP) is 5.78. The van der Waals surface area contributed by atoms with Crippen molar-refractivity contribution < 1.29 is 23.8 Å². The van der Waals surface area contributed by atoms with Crippen LogP contribution in [0.4, 0.5) is 0 Å². The standard InChI is InChI=1S/C28H29NO5/c1-3-4-5-15-33-22-9-6-8-21(17-22)25-24(26(30)20-13-11-19(2)12-14-20)27(31)28(32)29(25)18-23-10-7-16-34-23/h6-14,16-17,25,30H,3-5,15,18H2,1-2H3/b26-24+. The molecule has 6 nitrogen and oxygen atoms in total. The van der Waals surface area contributed by atoms with Crippen LogP contribution < -0.4 is 4.74 Å². The minimum atomic E-state index is -0.773. The van der Waals surface area contributed by atoms with Crippen molar-refractivity contribution in [1.29, 1.82) is 0 Å². The van der Waals surface area contributed by atoms with Gasteiger partial charge in [0.1, 0.15) is 17.3 Å². The number of ether oxygens (including phenoxy) is 1. The number of hydrogen-bond acceptors (Lipinski definition) is 5. The molecule has 0 saturated carbocycles. The molecule has 1 aliphatic rings. The molecule has 2 heterocycles. The molecule has 1 saturated heterocycles. The first-order chi connectivity index (χ1) is 16.5. The molecule has 1 aromatic heterocycles. The monoisotopic (exact) mass is 459 g/mol. The number of amides is 1. The van der Waals surface area contributed by atoms with E-state index in [0.29, 0.717) is 29.2 Å². The summed E-state index contributed by atoms with van der Waals surface area (Å²) in [5.74, 6) is -0.380. The molecule has 1 amide bonds. The highest BCUT2D eigenvalue weighted by molar-refractivity contribution is 6.46. The highest BCUT2D eigenvalue weighted by Gasteiger charge is 2.46. The fourth-order valence-electron chi connectivity index (χ4n) is 4.14. The zero-order valence-corrected chi connectivity index (χ0v) is 19.5. The Labute approximate surface area is 199 Å². The van der Waals surface area contributed by atoms with Crippen molar-refractivity contribution >= 4 is 17.4 Å². The number of rotatable bonds is 9. The molecule has 0 radical (unpaired) electrons. The van der Waals surface area contributed by atoms with Gasteiger partial charge >= 0.3 is 0 Å². The molecule has 1 atom stereocenters. The van der Waals surface area contributed by atoms with Crippen molar-refractivity contribution in [3.05, 3.63) is 95.0 Å². The summed E-state index contributed by atoms with van der Waals surface area (Å²) in [6, 6.07) is 17.3.